The number of thioether (sulfide) groups is 1. The Labute approximate surface area is 189 Å². The van der Waals surface area contributed by atoms with Crippen molar-refractivity contribution in [3.05, 3.63) is 84.3 Å². The van der Waals surface area contributed by atoms with Crippen molar-refractivity contribution in [2.24, 2.45) is 0 Å². The van der Waals surface area contributed by atoms with Gasteiger partial charge in [0.25, 0.3) is 0 Å². The molecule has 1 aliphatic rings. The number of hydrogen-bond acceptors (Lipinski definition) is 7. The van der Waals surface area contributed by atoms with E-state index in [9.17, 15) is 4.79 Å². The SMILES string of the molecule is COc1ccc([C@H]2Nn3c(nnc3-c3ccccc3)S[C@@H]2C(=O)NCc2ccco2)cc1. The summed E-state index contributed by atoms with van der Waals surface area (Å²) in [6.07, 6.45) is 1.59. The van der Waals surface area contributed by atoms with Crippen molar-refractivity contribution < 1.29 is 13.9 Å². The Morgan fingerprint density at radius 3 is 2.66 bits per heavy atom. The van der Waals surface area contributed by atoms with Crippen LogP contribution in [0.2, 0.25) is 0 Å². The highest BCUT2D eigenvalue weighted by atomic mass is 32.2. The molecule has 8 nitrogen and oxygen atoms in total. The maximum absolute atomic E-state index is 13.2. The minimum atomic E-state index is -0.460. The number of fused-ring (bicyclic) bond motifs is 1. The number of ether oxygens (including phenoxy) is 1. The van der Waals surface area contributed by atoms with Gasteiger partial charge < -0.3 is 19.9 Å². The molecule has 0 unspecified atom stereocenters. The zero-order valence-electron chi connectivity index (χ0n) is 17.3. The first-order chi connectivity index (χ1) is 15.7. The summed E-state index contributed by atoms with van der Waals surface area (Å²) in [5, 5.41) is 11.8. The average Bonchev–Trinajstić information content (AvgIpc) is 3.52. The number of nitrogens with one attached hydrogen (secondary N) is 2. The van der Waals surface area contributed by atoms with E-state index in [4.69, 9.17) is 9.15 Å². The number of benzene rings is 2. The summed E-state index contributed by atoms with van der Waals surface area (Å²) in [4.78, 5) is 13.2. The second-order valence-corrected chi connectivity index (χ2v) is 8.33. The largest absolute Gasteiger partial charge is 0.497 e. The lowest BCUT2D eigenvalue weighted by Crippen LogP contribution is -2.43. The van der Waals surface area contributed by atoms with Gasteiger partial charge >= 0.3 is 0 Å². The molecule has 1 amide bonds. The highest BCUT2D eigenvalue weighted by Gasteiger charge is 2.38. The number of rotatable bonds is 6. The maximum Gasteiger partial charge on any atom is 0.236 e. The van der Waals surface area contributed by atoms with Crippen molar-refractivity contribution in [1.82, 2.24) is 20.2 Å². The summed E-state index contributed by atoms with van der Waals surface area (Å²) >= 11 is 1.38. The van der Waals surface area contributed by atoms with Gasteiger partial charge in [-0.1, -0.05) is 54.2 Å². The Balaban J connectivity index is 1.47. The summed E-state index contributed by atoms with van der Waals surface area (Å²) in [5.41, 5.74) is 5.36. The molecule has 162 valence electrons. The monoisotopic (exact) mass is 447 g/mol. The number of nitrogens with zero attached hydrogens (tertiary/aromatic N) is 3. The van der Waals surface area contributed by atoms with Gasteiger partial charge in [-0.25, -0.2) is 4.68 Å². The van der Waals surface area contributed by atoms with E-state index in [0.717, 1.165) is 16.9 Å². The fourth-order valence-corrected chi connectivity index (χ4v) is 4.68. The summed E-state index contributed by atoms with van der Waals surface area (Å²) in [6.45, 7) is 0.320. The van der Waals surface area contributed by atoms with Gasteiger partial charge in [0, 0.05) is 5.56 Å². The van der Waals surface area contributed by atoms with Gasteiger partial charge in [-0.2, -0.15) is 0 Å². The number of furan rings is 1. The molecule has 0 saturated carbocycles. The molecule has 1 aliphatic heterocycles. The first-order valence-electron chi connectivity index (χ1n) is 10.1. The van der Waals surface area contributed by atoms with Crippen LogP contribution in [0.1, 0.15) is 17.4 Å². The molecule has 32 heavy (non-hydrogen) atoms. The maximum atomic E-state index is 13.2. The lowest BCUT2D eigenvalue weighted by atomic mass is 10.0. The molecule has 0 aliphatic carbocycles. The van der Waals surface area contributed by atoms with E-state index in [1.165, 1.54) is 11.8 Å². The molecule has 2 aromatic heterocycles. The lowest BCUT2D eigenvalue weighted by Gasteiger charge is -2.33. The van der Waals surface area contributed by atoms with Crippen LogP contribution in [0.5, 0.6) is 5.75 Å². The van der Waals surface area contributed by atoms with E-state index in [1.807, 2.05) is 65.3 Å². The van der Waals surface area contributed by atoms with E-state index in [0.29, 0.717) is 23.3 Å². The minimum absolute atomic E-state index is 0.116. The van der Waals surface area contributed by atoms with Crippen LogP contribution in [0.25, 0.3) is 11.4 Å². The van der Waals surface area contributed by atoms with Crippen molar-refractivity contribution in [1.29, 1.82) is 0 Å². The number of methoxy groups -OCH3 is 1. The standard InChI is InChI=1S/C23H21N5O3S/c1-30-17-11-9-15(10-12-17)19-20(22(29)24-14-18-8-5-13-31-18)32-23-26-25-21(28(23)27-19)16-6-3-2-4-7-16/h2-13,19-20,27H,14H2,1H3,(H,24,29)/t19-,20+/m1/s1. The van der Waals surface area contributed by atoms with Gasteiger partial charge in [0.1, 0.15) is 16.8 Å². The average molecular weight is 448 g/mol. The predicted molar refractivity (Wildman–Crippen MR) is 121 cm³/mol. The molecule has 5 rings (SSSR count). The molecule has 3 heterocycles. The van der Waals surface area contributed by atoms with Crippen molar-refractivity contribution >= 4 is 17.7 Å². The molecular weight excluding hydrogens is 426 g/mol. The summed E-state index contributed by atoms with van der Waals surface area (Å²) < 4.78 is 12.5. The second-order valence-electron chi connectivity index (χ2n) is 7.22. The molecular formula is C23H21N5O3S. The molecule has 0 saturated heterocycles. The zero-order valence-corrected chi connectivity index (χ0v) is 18.1. The molecule has 4 aromatic rings. The van der Waals surface area contributed by atoms with E-state index in [2.05, 4.69) is 20.9 Å². The van der Waals surface area contributed by atoms with Crippen LogP contribution in [0, 0.1) is 0 Å². The van der Waals surface area contributed by atoms with Gasteiger partial charge in [-0.15, -0.1) is 10.2 Å². The molecule has 2 aromatic carbocycles. The van der Waals surface area contributed by atoms with Crippen LogP contribution in [0.4, 0.5) is 0 Å². The van der Waals surface area contributed by atoms with Crippen molar-refractivity contribution in [2.45, 2.75) is 23.0 Å². The minimum Gasteiger partial charge on any atom is -0.497 e. The Kier molecular flexibility index (Phi) is 5.55. The molecule has 0 radical (unpaired) electrons. The van der Waals surface area contributed by atoms with Crippen LogP contribution < -0.4 is 15.5 Å². The Morgan fingerprint density at radius 2 is 1.94 bits per heavy atom. The number of aromatic nitrogens is 3. The van der Waals surface area contributed by atoms with E-state index >= 15 is 0 Å². The van der Waals surface area contributed by atoms with Gasteiger partial charge in [-0.05, 0) is 29.8 Å². The van der Waals surface area contributed by atoms with Crippen LogP contribution in [-0.4, -0.2) is 33.1 Å². The number of amides is 1. The van der Waals surface area contributed by atoms with E-state index < -0.39 is 5.25 Å². The van der Waals surface area contributed by atoms with E-state index in [-0.39, 0.29) is 11.9 Å². The highest BCUT2D eigenvalue weighted by molar-refractivity contribution is 8.00. The fourth-order valence-electron chi connectivity index (χ4n) is 3.58. The van der Waals surface area contributed by atoms with Crippen LogP contribution >= 0.6 is 11.8 Å². The summed E-state index contributed by atoms with van der Waals surface area (Å²) in [7, 11) is 1.63. The molecule has 2 N–H and O–H groups in total. The summed E-state index contributed by atoms with van der Waals surface area (Å²) in [6, 6.07) is 20.8. The Morgan fingerprint density at radius 1 is 1.12 bits per heavy atom. The number of hydrogen-bond donors (Lipinski definition) is 2. The fraction of sp³-hybridized carbons (Fsp3) is 0.174. The topological polar surface area (TPSA) is 94.2 Å². The molecule has 0 bridgehead atoms. The van der Waals surface area contributed by atoms with E-state index in [1.54, 1.807) is 19.4 Å². The zero-order chi connectivity index (χ0) is 21.9. The quantitative estimate of drug-likeness (QED) is 0.466. The first-order valence-corrected chi connectivity index (χ1v) is 11.0. The first kappa shape index (κ1) is 20.2. The second kappa shape index (κ2) is 8.80. The highest BCUT2D eigenvalue weighted by Crippen LogP contribution is 2.38. The third kappa shape index (κ3) is 3.94. The van der Waals surface area contributed by atoms with Crippen LogP contribution in [-0.2, 0) is 11.3 Å². The van der Waals surface area contributed by atoms with Crippen molar-refractivity contribution in [3.63, 3.8) is 0 Å². The molecule has 0 spiro atoms. The Bertz CT molecular complexity index is 1190. The third-order valence-electron chi connectivity index (χ3n) is 5.22. The summed E-state index contributed by atoms with van der Waals surface area (Å²) in [5.74, 6) is 2.03. The van der Waals surface area contributed by atoms with Gasteiger partial charge in [0.15, 0.2) is 5.82 Å². The Hall–Kier alpha value is -3.72. The van der Waals surface area contributed by atoms with Gasteiger partial charge in [-0.3, -0.25) is 4.79 Å². The lowest BCUT2D eigenvalue weighted by molar-refractivity contribution is -0.121. The molecule has 2 atom stereocenters. The third-order valence-corrected chi connectivity index (χ3v) is 6.43. The number of carbonyl (C=O) groups is 1. The van der Waals surface area contributed by atoms with Crippen LogP contribution in [0.3, 0.4) is 0 Å². The normalized spacial score (nSPS) is 17.3. The van der Waals surface area contributed by atoms with Gasteiger partial charge in [0.05, 0.1) is 26.0 Å². The smallest absolute Gasteiger partial charge is 0.236 e. The van der Waals surface area contributed by atoms with Crippen molar-refractivity contribution in [2.75, 3.05) is 12.5 Å². The van der Waals surface area contributed by atoms with Gasteiger partial charge in [0.2, 0.25) is 11.1 Å². The molecule has 0 fully saturated rings. The molecule has 9 heteroatoms. The predicted octanol–water partition coefficient (Wildman–Crippen LogP) is 3.62. The van der Waals surface area contributed by atoms with Crippen LogP contribution in [0.15, 0.2) is 82.6 Å². The number of carbonyl (C=O) groups excluding carboxylic acids is 1. The van der Waals surface area contributed by atoms with Crippen molar-refractivity contribution in [3.8, 4) is 17.1 Å².